The number of amides is 1. The van der Waals surface area contributed by atoms with Crippen molar-refractivity contribution < 1.29 is 4.79 Å². The van der Waals surface area contributed by atoms with Gasteiger partial charge in [-0.3, -0.25) is 9.48 Å². The Labute approximate surface area is 156 Å². The summed E-state index contributed by atoms with van der Waals surface area (Å²) in [5, 5.41) is 16.3. The number of aromatic nitrogens is 5. The summed E-state index contributed by atoms with van der Waals surface area (Å²) in [6.07, 6.45) is 3.33. The summed E-state index contributed by atoms with van der Waals surface area (Å²) in [5.41, 5.74) is 4.44. The SMILES string of the molecule is CCn1ncc(NC(=O)Cn2ncc3cc(-c4cccc(C)c4)ccc32)n1. The predicted octanol–water partition coefficient (Wildman–Crippen LogP) is 3.26. The van der Waals surface area contributed by atoms with Gasteiger partial charge in [-0.2, -0.15) is 15.0 Å². The van der Waals surface area contributed by atoms with Gasteiger partial charge in [-0.05, 0) is 37.1 Å². The van der Waals surface area contributed by atoms with Crippen LogP contribution in [0.3, 0.4) is 0 Å². The lowest BCUT2D eigenvalue weighted by Gasteiger charge is -2.06. The Kier molecular flexibility index (Phi) is 4.42. The third-order valence-electron chi connectivity index (χ3n) is 4.37. The highest BCUT2D eigenvalue weighted by molar-refractivity contribution is 5.91. The molecule has 4 rings (SSSR count). The van der Waals surface area contributed by atoms with E-state index in [2.05, 4.69) is 63.9 Å². The molecular formula is C20H20N6O. The van der Waals surface area contributed by atoms with Crippen LogP contribution in [0.5, 0.6) is 0 Å². The Bertz CT molecular complexity index is 1110. The number of fused-ring (bicyclic) bond motifs is 1. The lowest BCUT2D eigenvalue weighted by molar-refractivity contribution is -0.116. The monoisotopic (exact) mass is 360 g/mol. The standard InChI is InChI=1S/C20H20N6O/c1-3-26-22-12-19(24-26)23-20(27)13-25-18-8-7-16(10-17(18)11-21-25)15-6-4-5-14(2)9-15/h4-12H,3,13H2,1-2H3,(H,23,24,27). The second kappa shape index (κ2) is 7.03. The van der Waals surface area contributed by atoms with E-state index in [1.54, 1.807) is 10.9 Å². The first-order valence-corrected chi connectivity index (χ1v) is 8.85. The summed E-state index contributed by atoms with van der Waals surface area (Å²) >= 11 is 0. The molecule has 2 heterocycles. The number of nitrogens with one attached hydrogen (secondary N) is 1. The van der Waals surface area contributed by atoms with Crippen LogP contribution >= 0.6 is 0 Å². The molecule has 1 N–H and O–H groups in total. The van der Waals surface area contributed by atoms with E-state index in [4.69, 9.17) is 0 Å². The number of hydrogen-bond acceptors (Lipinski definition) is 4. The molecular weight excluding hydrogens is 340 g/mol. The maximum atomic E-state index is 12.3. The molecule has 27 heavy (non-hydrogen) atoms. The average Bonchev–Trinajstić information content (AvgIpc) is 3.28. The molecule has 0 spiro atoms. The van der Waals surface area contributed by atoms with Crippen LogP contribution in [0.2, 0.25) is 0 Å². The maximum Gasteiger partial charge on any atom is 0.247 e. The van der Waals surface area contributed by atoms with Crippen LogP contribution < -0.4 is 5.32 Å². The Morgan fingerprint density at radius 2 is 1.93 bits per heavy atom. The van der Waals surface area contributed by atoms with Crippen molar-refractivity contribution in [3.63, 3.8) is 0 Å². The number of nitrogens with zero attached hydrogens (tertiary/aromatic N) is 5. The molecule has 136 valence electrons. The molecule has 0 aliphatic carbocycles. The highest BCUT2D eigenvalue weighted by Crippen LogP contribution is 2.25. The van der Waals surface area contributed by atoms with E-state index >= 15 is 0 Å². The molecule has 7 nitrogen and oxygen atoms in total. The Morgan fingerprint density at radius 3 is 2.70 bits per heavy atom. The van der Waals surface area contributed by atoms with Crippen LogP contribution in [0, 0.1) is 6.92 Å². The number of hydrogen-bond donors (Lipinski definition) is 1. The fraction of sp³-hybridized carbons (Fsp3) is 0.200. The third-order valence-corrected chi connectivity index (χ3v) is 4.37. The minimum atomic E-state index is -0.189. The van der Waals surface area contributed by atoms with E-state index in [-0.39, 0.29) is 12.5 Å². The molecule has 0 bridgehead atoms. The number of anilines is 1. The van der Waals surface area contributed by atoms with Crippen LogP contribution in [-0.2, 0) is 17.9 Å². The first kappa shape index (κ1) is 17.0. The normalized spacial score (nSPS) is 11.0. The molecule has 2 aromatic heterocycles. The smallest absolute Gasteiger partial charge is 0.247 e. The maximum absolute atomic E-state index is 12.3. The van der Waals surface area contributed by atoms with E-state index in [9.17, 15) is 4.79 Å². The molecule has 0 saturated heterocycles. The number of carbonyl (C=O) groups is 1. The Morgan fingerprint density at radius 1 is 1.07 bits per heavy atom. The molecule has 4 aromatic rings. The van der Waals surface area contributed by atoms with Crippen LogP contribution in [-0.4, -0.2) is 30.7 Å². The van der Waals surface area contributed by atoms with Crippen LogP contribution in [0.4, 0.5) is 5.82 Å². The van der Waals surface area contributed by atoms with Gasteiger partial charge in [-0.1, -0.05) is 35.9 Å². The quantitative estimate of drug-likeness (QED) is 0.592. The van der Waals surface area contributed by atoms with Crippen molar-refractivity contribution in [1.29, 1.82) is 0 Å². The second-order valence-corrected chi connectivity index (χ2v) is 6.41. The van der Waals surface area contributed by atoms with E-state index in [0.717, 1.165) is 16.5 Å². The van der Waals surface area contributed by atoms with Gasteiger partial charge < -0.3 is 5.32 Å². The van der Waals surface area contributed by atoms with Crippen LogP contribution in [0.1, 0.15) is 12.5 Å². The molecule has 1 amide bonds. The lowest BCUT2D eigenvalue weighted by Crippen LogP contribution is -2.19. The van der Waals surface area contributed by atoms with Gasteiger partial charge in [0.2, 0.25) is 5.91 Å². The minimum Gasteiger partial charge on any atom is -0.306 e. The number of aryl methyl sites for hydroxylation is 2. The van der Waals surface area contributed by atoms with Crippen molar-refractivity contribution >= 4 is 22.6 Å². The zero-order chi connectivity index (χ0) is 18.8. The summed E-state index contributed by atoms with van der Waals surface area (Å²) in [4.78, 5) is 13.8. The van der Waals surface area contributed by atoms with Crippen molar-refractivity contribution in [2.75, 3.05) is 5.32 Å². The zero-order valence-corrected chi connectivity index (χ0v) is 15.3. The van der Waals surface area contributed by atoms with Gasteiger partial charge in [-0.15, -0.1) is 5.10 Å². The van der Waals surface area contributed by atoms with Gasteiger partial charge in [0.25, 0.3) is 0 Å². The fourth-order valence-electron chi connectivity index (χ4n) is 3.04. The van der Waals surface area contributed by atoms with E-state index in [1.807, 2.05) is 13.0 Å². The largest absolute Gasteiger partial charge is 0.306 e. The lowest BCUT2D eigenvalue weighted by atomic mass is 10.0. The van der Waals surface area contributed by atoms with Crippen LogP contribution in [0.15, 0.2) is 54.9 Å². The molecule has 0 saturated carbocycles. The predicted molar refractivity (Wildman–Crippen MR) is 104 cm³/mol. The fourth-order valence-corrected chi connectivity index (χ4v) is 3.04. The molecule has 0 aliphatic heterocycles. The van der Waals surface area contributed by atoms with Gasteiger partial charge in [-0.25, -0.2) is 0 Å². The van der Waals surface area contributed by atoms with Gasteiger partial charge in [0.1, 0.15) is 6.54 Å². The molecule has 7 heteroatoms. The molecule has 0 unspecified atom stereocenters. The summed E-state index contributed by atoms with van der Waals surface area (Å²) in [6.45, 7) is 4.79. The second-order valence-electron chi connectivity index (χ2n) is 6.41. The van der Waals surface area contributed by atoms with E-state index in [1.165, 1.54) is 22.1 Å². The minimum absolute atomic E-state index is 0.117. The highest BCUT2D eigenvalue weighted by Gasteiger charge is 2.11. The summed E-state index contributed by atoms with van der Waals surface area (Å²) in [6, 6.07) is 14.5. The van der Waals surface area contributed by atoms with Crippen molar-refractivity contribution in [2.24, 2.45) is 0 Å². The van der Waals surface area contributed by atoms with Gasteiger partial charge >= 0.3 is 0 Å². The summed E-state index contributed by atoms with van der Waals surface area (Å²) in [5.74, 6) is 0.256. The van der Waals surface area contributed by atoms with E-state index in [0.29, 0.717) is 12.4 Å². The molecule has 0 aliphatic rings. The van der Waals surface area contributed by atoms with Crippen molar-refractivity contribution in [2.45, 2.75) is 26.9 Å². The van der Waals surface area contributed by atoms with Crippen LogP contribution in [0.25, 0.3) is 22.0 Å². The zero-order valence-electron chi connectivity index (χ0n) is 15.3. The number of rotatable bonds is 5. The molecule has 2 aromatic carbocycles. The molecule has 0 atom stereocenters. The number of benzene rings is 2. The highest BCUT2D eigenvalue weighted by atomic mass is 16.2. The molecule has 0 radical (unpaired) electrons. The molecule has 0 fully saturated rings. The first-order chi connectivity index (χ1) is 13.1. The Hall–Kier alpha value is -3.48. The third kappa shape index (κ3) is 3.57. The topological polar surface area (TPSA) is 77.6 Å². The van der Waals surface area contributed by atoms with Crippen molar-refractivity contribution in [3.8, 4) is 11.1 Å². The summed E-state index contributed by atoms with van der Waals surface area (Å²) < 4.78 is 1.69. The summed E-state index contributed by atoms with van der Waals surface area (Å²) in [7, 11) is 0. The first-order valence-electron chi connectivity index (χ1n) is 8.85. The Balaban J connectivity index is 1.53. The van der Waals surface area contributed by atoms with Crippen molar-refractivity contribution in [1.82, 2.24) is 24.8 Å². The van der Waals surface area contributed by atoms with Gasteiger partial charge in [0.15, 0.2) is 5.82 Å². The van der Waals surface area contributed by atoms with Gasteiger partial charge in [0.05, 0.1) is 24.5 Å². The number of carbonyl (C=O) groups excluding carboxylic acids is 1. The van der Waals surface area contributed by atoms with E-state index < -0.39 is 0 Å². The van der Waals surface area contributed by atoms with Crippen molar-refractivity contribution in [3.05, 3.63) is 60.4 Å². The average molecular weight is 360 g/mol. The van der Waals surface area contributed by atoms with Gasteiger partial charge in [0, 0.05) is 5.39 Å².